The van der Waals surface area contributed by atoms with Gasteiger partial charge in [0, 0.05) is 31.1 Å². The third-order valence-electron chi connectivity index (χ3n) is 7.17. The number of ether oxygens (including phenoxy) is 2. The van der Waals surface area contributed by atoms with Crippen molar-refractivity contribution in [1.29, 1.82) is 0 Å². The minimum atomic E-state index is -1.22. The molecule has 1 aliphatic heterocycles. The van der Waals surface area contributed by atoms with Gasteiger partial charge in [-0.05, 0) is 64.9 Å². The first kappa shape index (κ1) is 28.1. The number of rotatable bonds is 9. The first-order valence-corrected chi connectivity index (χ1v) is 15.2. The van der Waals surface area contributed by atoms with Gasteiger partial charge < -0.3 is 9.47 Å². The molecule has 4 rings (SSSR count). The van der Waals surface area contributed by atoms with Crippen molar-refractivity contribution in [2.24, 2.45) is 5.92 Å². The van der Waals surface area contributed by atoms with Gasteiger partial charge in [0.05, 0.1) is 13.2 Å². The van der Waals surface area contributed by atoms with Crippen LogP contribution >= 0.6 is 23.5 Å². The summed E-state index contributed by atoms with van der Waals surface area (Å²) in [5.41, 5.74) is -1.14. The third kappa shape index (κ3) is 6.06. The summed E-state index contributed by atoms with van der Waals surface area (Å²) in [6.45, 7) is 13.0. The fourth-order valence-electron chi connectivity index (χ4n) is 5.33. The molecule has 1 unspecified atom stereocenters. The quantitative estimate of drug-likeness (QED) is 0.209. The number of hydrogen-bond donors (Lipinski definition) is 0. The Morgan fingerprint density at radius 2 is 1.62 bits per heavy atom. The smallest absolute Gasteiger partial charge is 0.343 e. The second-order valence-electron chi connectivity index (χ2n) is 10.1. The Labute approximate surface area is 231 Å². The molecule has 198 valence electrons. The van der Waals surface area contributed by atoms with Crippen LogP contribution in [0.3, 0.4) is 0 Å². The molecular formula is C31H39NO3S2. The maximum Gasteiger partial charge on any atom is 0.343 e. The number of carbonyl (C=O) groups is 1. The third-order valence-corrected chi connectivity index (χ3v) is 9.79. The van der Waals surface area contributed by atoms with Gasteiger partial charge in [-0.3, -0.25) is 4.90 Å². The fourth-order valence-corrected chi connectivity index (χ4v) is 7.76. The van der Waals surface area contributed by atoms with Crippen molar-refractivity contribution in [2.75, 3.05) is 26.2 Å². The van der Waals surface area contributed by atoms with E-state index >= 15 is 0 Å². The molecule has 37 heavy (non-hydrogen) atoms. The Morgan fingerprint density at radius 3 is 2.27 bits per heavy atom. The highest BCUT2D eigenvalue weighted by molar-refractivity contribution is 8.05. The summed E-state index contributed by atoms with van der Waals surface area (Å²) in [5, 5.41) is 0. The van der Waals surface area contributed by atoms with E-state index in [2.05, 4.69) is 73.1 Å². The Morgan fingerprint density at radius 1 is 0.973 bits per heavy atom. The van der Waals surface area contributed by atoms with Crippen LogP contribution in [0.2, 0.25) is 0 Å². The van der Waals surface area contributed by atoms with Crippen molar-refractivity contribution in [3.05, 3.63) is 48.0 Å². The number of esters is 1. The van der Waals surface area contributed by atoms with Crippen LogP contribution in [0.1, 0.15) is 65.9 Å². The van der Waals surface area contributed by atoms with Crippen LogP contribution in [0.4, 0.5) is 0 Å². The molecule has 2 aromatic rings. The molecule has 1 saturated carbocycles. The van der Waals surface area contributed by atoms with Crippen LogP contribution in [0.5, 0.6) is 0 Å². The number of fused-ring (bicyclic) bond motifs is 2. The lowest BCUT2D eigenvalue weighted by Gasteiger charge is -2.42. The molecule has 2 aromatic carbocycles. The van der Waals surface area contributed by atoms with Crippen LogP contribution in [0, 0.1) is 17.8 Å². The summed E-state index contributed by atoms with van der Waals surface area (Å²) in [5.74, 6) is 6.43. The molecule has 1 heterocycles. The molecule has 4 nitrogen and oxygen atoms in total. The van der Waals surface area contributed by atoms with Gasteiger partial charge in [-0.2, -0.15) is 0 Å². The van der Waals surface area contributed by atoms with E-state index in [0.29, 0.717) is 13.2 Å². The Kier molecular flexibility index (Phi) is 9.34. The normalized spacial score (nSPS) is 16.9. The Balaban J connectivity index is 1.82. The van der Waals surface area contributed by atoms with Gasteiger partial charge in [0.1, 0.15) is 5.60 Å². The summed E-state index contributed by atoms with van der Waals surface area (Å²) < 4.78 is 12.8. The highest BCUT2D eigenvalue weighted by atomic mass is 32.2. The van der Waals surface area contributed by atoms with E-state index in [1.54, 1.807) is 23.5 Å². The minimum absolute atomic E-state index is 0.0321. The van der Waals surface area contributed by atoms with Gasteiger partial charge in [0.15, 0.2) is 5.60 Å². The van der Waals surface area contributed by atoms with Crippen LogP contribution < -0.4 is 0 Å². The van der Waals surface area contributed by atoms with E-state index in [9.17, 15) is 4.79 Å². The predicted molar refractivity (Wildman–Crippen MR) is 152 cm³/mol. The van der Waals surface area contributed by atoms with E-state index < -0.39 is 11.2 Å². The van der Waals surface area contributed by atoms with Crippen LogP contribution in [0.15, 0.2) is 62.0 Å². The Bertz CT molecular complexity index is 1160. The van der Waals surface area contributed by atoms with E-state index in [0.717, 1.165) is 54.1 Å². The molecule has 0 spiro atoms. The molecular weight excluding hydrogens is 498 g/mol. The zero-order chi connectivity index (χ0) is 26.5. The maximum atomic E-state index is 14.1. The van der Waals surface area contributed by atoms with Crippen molar-refractivity contribution in [2.45, 2.75) is 91.1 Å². The second-order valence-corrected chi connectivity index (χ2v) is 12.2. The average molecular weight is 538 g/mol. The molecule has 0 bridgehead atoms. The molecule has 0 amide bonds. The number of hydrogen-bond acceptors (Lipinski definition) is 6. The molecule has 6 heteroatoms. The summed E-state index contributed by atoms with van der Waals surface area (Å²) >= 11 is 3.49. The first-order valence-electron chi connectivity index (χ1n) is 13.5. The van der Waals surface area contributed by atoms with Gasteiger partial charge in [0.2, 0.25) is 0 Å². The molecule has 2 aliphatic rings. The van der Waals surface area contributed by atoms with Crippen molar-refractivity contribution in [3.8, 4) is 11.8 Å². The van der Waals surface area contributed by atoms with Crippen LogP contribution in [0.25, 0.3) is 0 Å². The minimum Gasteiger partial charge on any atom is -0.464 e. The second kappa shape index (κ2) is 12.3. The number of nitrogens with zero attached hydrogens (tertiary/aromatic N) is 1. The highest BCUT2D eigenvalue weighted by Crippen LogP contribution is 2.55. The van der Waals surface area contributed by atoms with E-state index in [4.69, 9.17) is 9.47 Å². The molecule has 1 aliphatic carbocycles. The van der Waals surface area contributed by atoms with Gasteiger partial charge in [0.25, 0.3) is 0 Å². The zero-order valence-electron chi connectivity index (χ0n) is 22.8. The summed E-state index contributed by atoms with van der Waals surface area (Å²) in [6.07, 6.45) is 4.03. The molecule has 1 atom stereocenters. The monoisotopic (exact) mass is 537 g/mol. The van der Waals surface area contributed by atoms with Gasteiger partial charge in [-0.15, -0.1) is 0 Å². The van der Waals surface area contributed by atoms with E-state index in [-0.39, 0.29) is 11.9 Å². The standard InChI is InChI=1S/C31H39NO3S2/c1-6-32(7-2)22-14-21-30(4,5)35-31(29(33)34-8-3,23-15-9-10-16-23)24-17-13-20-27-28(24)37-26-19-12-11-18-25(26)36-27/h11-13,17-20,23H,6-10,15-16,22H2,1-5H3. The summed E-state index contributed by atoms with van der Waals surface area (Å²) in [6, 6.07) is 14.7. The first-order chi connectivity index (χ1) is 17.8. The topological polar surface area (TPSA) is 38.8 Å². The van der Waals surface area contributed by atoms with Crippen LogP contribution in [-0.2, 0) is 19.9 Å². The molecule has 0 aromatic heterocycles. The maximum absolute atomic E-state index is 14.1. The number of carbonyl (C=O) groups excluding carboxylic acids is 1. The molecule has 0 radical (unpaired) electrons. The van der Waals surface area contributed by atoms with Gasteiger partial charge in [-0.1, -0.05) is 86.3 Å². The van der Waals surface area contributed by atoms with Crippen molar-refractivity contribution < 1.29 is 14.3 Å². The number of benzene rings is 2. The average Bonchev–Trinajstić information content (AvgIpc) is 3.44. The predicted octanol–water partition coefficient (Wildman–Crippen LogP) is 7.39. The lowest BCUT2D eigenvalue weighted by Crippen LogP contribution is -2.51. The summed E-state index contributed by atoms with van der Waals surface area (Å²) in [7, 11) is 0. The molecule has 1 fully saturated rings. The fraction of sp³-hybridized carbons (Fsp3) is 0.516. The van der Waals surface area contributed by atoms with Gasteiger partial charge in [-0.25, -0.2) is 4.79 Å². The van der Waals surface area contributed by atoms with Crippen molar-refractivity contribution in [1.82, 2.24) is 4.90 Å². The lowest BCUT2D eigenvalue weighted by atomic mass is 9.79. The highest BCUT2D eigenvalue weighted by Gasteiger charge is 2.54. The molecule has 0 saturated heterocycles. The lowest BCUT2D eigenvalue weighted by molar-refractivity contribution is -0.201. The Hall–Kier alpha value is -1.91. The van der Waals surface area contributed by atoms with Crippen LogP contribution in [-0.4, -0.2) is 42.7 Å². The molecule has 0 N–H and O–H groups in total. The van der Waals surface area contributed by atoms with E-state index in [1.807, 2.05) is 20.8 Å². The zero-order valence-corrected chi connectivity index (χ0v) is 24.4. The SMILES string of the molecule is CCOC(=O)C(OC(C)(C)C#CCN(CC)CC)(c1cccc2c1Sc1ccccc1S2)C1CCCC1. The van der Waals surface area contributed by atoms with Gasteiger partial charge >= 0.3 is 5.97 Å². The van der Waals surface area contributed by atoms with Crippen molar-refractivity contribution >= 4 is 29.5 Å². The largest absolute Gasteiger partial charge is 0.464 e. The van der Waals surface area contributed by atoms with E-state index in [1.165, 1.54) is 9.79 Å². The van der Waals surface area contributed by atoms with Crippen molar-refractivity contribution in [3.63, 3.8) is 0 Å². The summed E-state index contributed by atoms with van der Waals surface area (Å²) in [4.78, 5) is 21.1.